The van der Waals surface area contributed by atoms with E-state index in [1.807, 2.05) is 12.1 Å². The van der Waals surface area contributed by atoms with Crippen LogP contribution in [0.15, 0.2) is 24.3 Å². The van der Waals surface area contributed by atoms with Crippen LogP contribution in [-0.2, 0) is 6.54 Å². The molecule has 1 aromatic carbocycles. The Morgan fingerprint density at radius 3 is 2.84 bits per heavy atom. The van der Waals surface area contributed by atoms with Gasteiger partial charge in [-0.1, -0.05) is 24.6 Å². The summed E-state index contributed by atoms with van der Waals surface area (Å²) in [6.07, 6.45) is 5.38. The van der Waals surface area contributed by atoms with E-state index < -0.39 is 0 Å². The molecule has 1 saturated heterocycles. The van der Waals surface area contributed by atoms with E-state index in [9.17, 15) is 0 Å². The Kier molecular flexibility index (Phi) is 5.23. The van der Waals surface area contributed by atoms with E-state index in [-0.39, 0.29) is 0 Å². The van der Waals surface area contributed by atoms with E-state index in [1.54, 1.807) is 0 Å². The Labute approximate surface area is 117 Å². The summed E-state index contributed by atoms with van der Waals surface area (Å²) in [5.41, 5.74) is 8.14. The lowest BCUT2D eigenvalue weighted by Crippen LogP contribution is -2.38. The van der Waals surface area contributed by atoms with Crippen LogP contribution in [0.2, 0.25) is 0 Å². The van der Waals surface area contributed by atoms with Crippen molar-refractivity contribution in [2.75, 3.05) is 32.9 Å². The number of benzene rings is 1. The van der Waals surface area contributed by atoms with E-state index >= 15 is 0 Å². The van der Waals surface area contributed by atoms with Crippen molar-refractivity contribution in [3.63, 3.8) is 0 Å². The molecule has 0 spiro atoms. The molecule has 0 bridgehead atoms. The second kappa shape index (κ2) is 6.92. The number of likely N-dealkylation sites (tertiary alicyclic amines) is 1. The topological polar surface area (TPSA) is 32.5 Å². The van der Waals surface area contributed by atoms with E-state index in [0.717, 1.165) is 24.8 Å². The molecule has 0 radical (unpaired) electrons. The Bertz CT molecular complexity index is 391. The van der Waals surface area contributed by atoms with Gasteiger partial charge < -0.3 is 15.5 Å². The van der Waals surface area contributed by atoms with Gasteiger partial charge in [-0.15, -0.1) is 0 Å². The van der Waals surface area contributed by atoms with E-state index in [0.29, 0.717) is 0 Å². The third kappa shape index (κ3) is 4.22. The molecular weight excluding hydrogens is 234 g/mol. The van der Waals surface area contributed by atoms with Gasteiger partial charge in [-0.3, -0.25) is 0 Å². The number of nitrogens with zero attached hydrogens (tertiary/aromatic N) is 2. The number of piperidine rings is 1. The lowest BCUT2D eigenvalue weighted by atomic mass is 10.00. The van der Waals surface area contributed by atoms with Gasteiger partial charge in [0.15, 0.2) is 0 Å². The smallest absolute Gasteiger partial charge is 0.0359 e. The molecule has 3 heteroatoms. The molecule has 1 atom stereocenters. The first-order valence-corrected chi connectivity index (χ1v) is 7.39. The number of nitrogens with two attached hydrogens (primary N) is 1. The SMILES string of the molecule is CN(CCC1CCCCN1C)Cc1ccccc1N. The molecule has 2 rings (SSSR count). The average molecular weight is 261 g/mol. The highest BCUT2D eigenvalue weighted by Gasteiger charge is 2.18. The third-order valence-corrected chi connectivity index (χ3v) is 4.26. The van der Waals surface area contributed by atoms with Crippen LogP contribution in [0.4, 0.5) is 5.69 Å². The highest BCUT2D eigenvalue weighted by atomic mass is 15.1. The van der Waals surface area contributed by atoms with Crippen LogP contribution in [0.5, 0.6) is 0 Å². The second-order valence-electron chi connectivity index (χ2n) is 5.86. The summed E-state index contributed by atoms with van der Waals surface area (Å²) in [7, 11) is 4.45. The number of anilines is 1. The van der Waals surface area contributed by atoms with Gasteiger partial charge in [-0.2, -0.15) is 0 Å². The number of rotatable bonds is 5. The van der Waals surface area contributed by atoms with Gasteiger partial charge in [0.05, 0.1) is 0 Å². The summed E-state index contributed by atoms with van der Waals surface area (Å²) in [5.74, 6) is 0. The summed E-state index contributed by atoms with van der Waals surface area (Å²) in [6.45, 7) is 3.35. The predicted molar refractivity (Wildman–Crippen MR) is 82.1 cm³/mol. The van der Waals surface area contributed by atoms with Crippen molar-refractivity contribution >= 4 is 5.69 Å². The predicted octanol–water partition coefficient (Wildman–Crippen LogP) is 2.58. The van der Waals surface area contributed by atoms with E-state index in [1.165, 1.54) is 37.8 Å². The fourth-order valence-corrected chi connectivity index (χ4v) is 2.93. The number of hydrogen-bond acceptors (Lipinski definition) is 3. The largest absolute Gasteiger partial charge is 0.398 e. The molecule has 1 aliphatic heterocycles. The van der Waals surface area contributed by atoms with Crippen molar-refractivity contribution in [2.45, 2.75) is 38.3 Å². The normalized spacial score (nSPS) is 20.9. The highest BCUT2D eigenvalue weighted by Crippen LogP contribution is 2.19. The zero-order valence-electron chi connectivity index (χ0n) is 12.3. The molecule has 2 N–H and O–H groups in total. The average Bonchev–Trinajstić information content (AvgIpc) is 2.40. The summed E-state index contributed by atoms with van der Waals surface area (Å²) >= 11 is 0. The van der Waals surface area contributed by atoms with Gasteiger partial charge in [0.25, 0.3) is 0 Å². The molecule has 19 heavy (non-hydrogen) atoms. The van der Waals surface area contributed by atoms with Crippen molar-refractivity contribution in [2.24, 2.45) is 0 Å². The first-order valence-electron chi connectivity index (χ1n) is 7.39. The zero-order chi connectivity index (χ0) is 13.7. The Balaban J connectivity index is 1.78. The lowest BCUT2D eigenvalue weighted by Gasteiger charge is -2.33. The van der Waals surface area contributed by atoms with Crippen LogP contribution in [-0.4, -0.2) is 43.0 Å². The van der Waals surface area contributed by atoms with Gasteiger partial charge >= 0.3 is 0 Å². The Hall–Kier alpha value is -1.06. The van der Waals surface area contributed by atoms with Gasteiger partial charge in [0.2, 0.25) is 0 Å². The summed E-state index contributed by atoms with van der Waals surface area (Å²) < 4.78 is 0. The highest BCUT2D eigenvalue weighted by molar-refractivity contribution is 5.46. The Morgan fingerprint density at radius 2 is 2.11 bits per heavy atom. The third-order valence-electron chi connectivity index (χ3n) is 4.26. The number of para-hydroxylation sites is 1. The molecule has 106 valence electrons. The molecule has 1 aliphatic rings. The van der Waals surface area contributed by atoms with Crippen LogP contribution in [0.3, 0.4) is 0 Å². The van der Waals surface area contributed by atoms with Crippen LogP contribution in [0.1, 0.15) is 31.2 Å². The minimum absolute atomic E-state index is 0.768. The molecule has 0 aromatic heterocycles. The number of nitrogen functional groups attached to an aromatic ring is 1. The standard InChI is InChI=1S/C16H27N3/c1-18(13-14-7-3-4-9-16(14)17)12-10-15-8-5-6-11-19(15)2/h3-4,7,9,15H,5-6,8,10-13,17H2,1-2H3. The van der Waals surface area contributed by atoms with Crippen LogP contribution < -0.4 is 5.73 Å². The van der Waals surface area contributed by atoms with Crippen molar-refractivity contribution in [1.29, 1.82) is 0 Å². The lowest BCUT2D eigenvalue weighted by molar-refractivity contribution is 0.159. The fraction of sp³-hybridized carbons (Fsp3) is 0.625. The van der Waals surface area contributed by atoms with Crippen LogP contribution in [0, 0.1) is 0 Å². The van der Waals surface area contributed by atoms with Gasteiger partial charge in [-0.05, 0) is 58.1 Å². The van der Waals surface area contributed by atoms with Crippen molar-refractivity contribution in [3.05, 3.63) is 29.8 Å². The first-order chi connectivity index (χ1) is 9.16. The molecule has 1 heterocycles. The maximum absolute atomic E-state index is 5.99. The minimum atomic E-state index is 0.768. The van der Waals surface area contributed by atoms with Crippen molar-refractivity contribution in [3.8, 4) is 0 Å². The molecule has 0 saturated carbocycles. The van der Waals surface area contributed by atoms with Gasteiger partial charge in [0, 0.05) is 18.3 Å². The fourth-order valence-electron chi connectivity index (χ4n) is 2.93. The molecular formula is C16H27N3. The first kappa shape index (κ1) is 14.4. The zero-order valence-corrected chi connectivity index (χ0v) is 12.3. The van der Waals surface area contributed by atoms with E-state index in [4.69, 9.17) is 5.73 Å². The second-order valence-corrected chi connectivity index (χ2v) is 5.86. The van der Waals surface area contributed by atoms with Crippen LogP contribution in [0.25, 0.3) is 0 Å². The maximum atomic E-state index is 5.99. The summed E-state index contributed by atoms with van der Waals surface area (Å²) in [5, 5.41) is 0. The van der Waals surface area contributed by atoms with E-state index in [2.05, 4.69) is 36.0 Å². The quantitative estimate of drug-likeness (QED) is 0.827. The molecule has 1 unspecified atom stereocenters. The summed E-state index contributed by atoms with van der Waals surface area (Å²) in [4.78, 5) is 4.91. The Morgan fingerprint density at radius 1 is 1.32 bits per heavy atom. The molecule has 0 amide bonds. The van der Waals surface area contributed by atoms with Crippen molar-refractivity contribution < 1.29 is 0 Å². The summed E-state index contributed by atoms with van der Waals surface area (Å²) in [6, 6.07) is 8.94. The molecule has 1 fully saturated rings. The van der Waals surface area contributed by atoms with Crippen molar-refractivity contribution in [1.82, 2.24) is 9.80 Å². The van der Waals surface area contributed by atoms with Gasteiger partial charge in [-0.25, -0.2) is 0 Å². The van der Waals surface area contributed by atoms with Gasteiger partial charge in [0.1, 0.15) is 0 Å². The minimum Gasteiger partial charge on any atom is -0.398 e. The number of hydrogen-bond donors (Lipinski definition) is 1. The maximum Gasteiger partial charge on any atom is 0.0359 e. The molecule has 3 nitrogen and oxygen atoms in total. The molecule has 0 aliphatic carbocycles. The monoisotopic (exact) mass is 261 g/mol. The van der Waals surface area contributed by atoms with Crippen LogP contribution >= 0.6 is 0 Å². The molecule has 1 aromatic rings.